The van der Waals surface area contributed by atoms with Crippen molar-refractivity contribution in [2.45, 2.75) is 0 Å². The summed E-state index contributed by atoms with van der Waals surface area (Å²) in [6.45, 7) is 0. The van der Waals surface area contributed by atoms with Crippen molar-refractivity contribution in [1.29, 1.82) is 0 Å². The number of hydrogen-bond acceptors (Lipinski definition) is 3. The summed E-state index contributed by atoms with van der Waals surface area (Å²) < 4.78 is 0. The summed E-state index contributed by atoms with van der Waals surface area (Å²) in [7, 11) is 0. The van der Waals surface area contributed by atoms with Gasteiger partial charge in [-0.05, 0) is 24.3 Å². The molecular weight excluding hydrogens is 240 g/mol. The number of pyridine rings is 1. The van der Waals surface area contributed by atoms with E-state index >= 15 is 0 Å². The molecule has 0 aromatic carbocycles. The molecule has 0 aliphatic heterocycles. The van der Waals surface area contributed by atoms with Gasteiger partial charge in [0.1, 0.15) is 5.15 Å². The molecule has 2 aromatic heterocycles. The van der Waals surface area contributed by atoms with E-state index in [1.54, 1.807) is 12.3 Å². The molecule has 0 aliphatic carbocycles. The Morgan fingerprint density at radius 2 is 2.41 bits per heavy atom. The predicted octanol–water partition coefficient (Wildman–Crippen LogP) is 1.83. The Kier molecular flexibility index (Phi) is 3.52. The van der Waals surface area contributed by atoms with Crippen LogP contribution in [0, 0.1) is 0 Å². The van der Waals surface area contributed by atoms with Gasteiger partial charge in [0.2, 0.25) is 0 Å². The van der Waals surface area contributed by atoms with Crippen LogP contribution in [0.3, 0.4) is 0 Å². The van der Waals surface area contributed by atoms with Crippen molar-refractivity contribution in [3.8, 4) is 0 Å². The average Bonchev–Trinajstić information content (AvgIpc) is 2.82. The van der Waals surface area contributed by atoms with Crippen molar-refractivity contribution in [2.75, 3.05) is 0 Å². The van der Waals surface area contributed by atoms with E-state index < -0.39 is 0 Å². The first-order chi connectivity index (χ1) is 8.25. The lowest BCUT2D eigenvalue weighted by Crippen LogP contribution is -2.17. The highest BCUT2D eigenvalue weighted by Gasteiger charge is 2.04. The van der Waals surface area contributed by atoms with Crippen LogP contribution >= 0.6 is 11.6 Å². The number of carbonyl (C=O) groups is 1. The molecule has 0 radical (unpaired) electrons. The third kappa shape index (κ3) is 3.15. The van der Waals surface area contributed by atoms with Gasteiger partial charge >= 0.3 is 0 Å². The Morgan fingerprint density at radius 1 is 1.53 bits per heavy atom. The van der Waals surface area contributed by atoms with E-state index in [4.69, 9.17) is 11.6 Å². The Labute approximate surface area is 103 Å². The number of H-pyrrole nitrogens is 1. The number of hydrazone groups is 1. The van der Waals surface area contributed by atoms with Gasteiger partial charge in [0.15, 0.2) is 0 Å². The molecule has 2 aromatic rings. The van der Waals surface area contributed by atoms with Gasteiger partial charge in [-0.1, -0.05) is 11.6 Å². The number of aromatic amines is 1. The molecule has 2 heterocycles. The third-order valence-corrected chi connectivity index (χ3v) is 2.19. The summed E-state index contributed by atoms with van der Waals surface area (Å²) in [6, 6.07) is 6.71. The quantitative estimate of drug-likeness (QED) is 0.494. The fourth-order valence-corrected chi connectivity index (χ4v) is 1.37. The highest BCUT2D eigenvalue weighted by molar-refractivity contribution is 6.29. The van der Waals surface area contributed by atoms with E-state index in [-0.39, 0.29) is 11.1 Å². The first-order valence-corrected chi connectivity index (χ1v) is 5.22. The molecule has 2 rings (SSSR count). The fourth-order valence-electron chi connectivity index (χ4n) is 1.19. The Bertz CT molecular complexity index is 536. The molecule has 0 spiro atoms. The normalized spacial score (nSPS) is 10.6. The predicted molar refractivity (Wildman–Crippen MR) is 65.1 cm³/mol. The molecule has 2 N–H and O–H groups in total. The topological polar surface area (TPSA) is 70.1 Å². The Morgan fingerprint density at radius 3 is 3.12 bits per heavy atom. The molecular formula is C11H9ClN4O. The van der Waals surface area contributed by atoms with Crippen LogP contribution in [-0.2, 0) is 0 Å². The van der Waals surface area contributed by atoms with E-state index in [1.165, 1.54) is 18.5 Å². The number of aromatic nitrogens is 2. The monoisotopic (exact) mass is 248 g/mol. The second-order valence-corrected chi connectivity index (χ2v) is 3.58. The summed E-state index contributed by atoms with van der Waals surface area (Å²) in [5.74, 6) is -0.336. The van der Waals surface area contributed by atoms with Crippen molar-refractivity contribution in [3.63, 3.8) is 0 Å². The number of nitrogens with zero attached hydrogens (tertiary/aromatic N) is 2. The summed E-state index contributed by atoms with van der Waals surface area (Å²) in [4.78, 5) is 18.3. The van der Waals surface area contributed by atoms with Gasteiger partial charge in [-0.25, -0.2) is 10.4 Å². The maximum absolute atomic E-state index is 11.6. The van der Waals surface area contributed by atoms with Crippen molar-refractivity contribution in [2.24, 2.45) is 5.10 Å². The highest BCUT2D eigenvalue weighted by atomic mass is 35.5. The lowest BCUT2D eigenvalue weighted by molar-refractivity contribution is 0.0955. The number of carbonyl (C=O) groups excluding carboxylic acids is 1. The maximum atomic E-state index is 11.6. The van der Waals surface area contributed by atoms with Gasteiger partial charge in [0.05, 0.1) is 11.9 Å². The summed E-state index contributed by atoms with van der Waals surface area (Å²) in [5, 5.41) is 4.07. The number of halogens is 1. The van der Waals surface area contributed by atoms with Crippen LogP contribution in [0.4, 0.5) is 0 Å². The largest absolute Gasteiger partial charge is 0.360 e. The number of amides is 1. The van der Waals surface area contributed by atoms with Gasteiger partial charge in [-0.2, -0.15) is 5.10 Å². The molecule has 0 fully saturated rings. The molecule has 86 valence electrons. The number of hydrogen-bond donors (Lipinski definition) is 2. The first-order valence-electron chi connectivity index (χ1n) is 4.84. The SMILES string of the molecule is O=C(N/N=C/c1ccc[nH]1)c1ccnc(Cl)c1. The van der Waals surface area contributed by atoms with Crippen LogP contribution in [-0.4, -0.2) is 22.1 Å². The van der Waals surface area contributed by atoms with Gasteiger partial charge in [-0.3, -0.25) is 4.79 Å². The minimum Gasteiger partial charge on any atom is -0.360 e. The number of nitrogens with one attached hydrogen (secondary N) is 2. The van der Waals surface area contributed by atoms with Crippen molar-refractivity contribution >= 4 is 23.7 Å². The Balaban J connectivity index is 1.98. The molecule has 0 atom stereocenters. The van der Waals surface area contributed by atoms with Crippen molar-refractivity contribution < 1.29 is 4.79 Å². The number of rotatable bonds is 3. The highest BCUT2D eigenvalue weighted by Crippen LogP contribution is 2.06. The zero-order valence-electron chi connectivity index (χ0n) is 8.72. The summed E-state index contributed by atoms with van der Waals surface area (Å²) >= 11 is 5.67. The van der Waals surface area contributed by atoms with Crippen LogP contribution in [0.2, 0.25) is 5.15 Å². The zero-order chi connectivity index (χ0) is 12.1. The minimum absolute atomic E-state index is 0.269. The summed E-state index contributed by atoms with van der Waals surface area (Å²) in [5.41, 5.74) is 3.60. The standard InChI is InChI=1S/C11H9ClN4O/c12-10-6-8(3-5-14-10)11(17)16-15-7-9-2-1-4-13-9/h1-7,13H,(H,16,17)/b15-7+. The van der Waals surface area contributed by atoms with Crippen LogP contribution < -0.4 is 5.43 Å². The van der Waals surface area contributed by atoms with Crippen molar-refractivity contribution in [3.05, 3.63) is 53.1 Å². The van der Waals surface area contributed by atoms with Crippen LogP contribution in [0.15, 0.2) is 41.8 Å². The van der Waals surface area contributed by atoms with E-state index in [2.05, 4.69) is 20.5 Å². The minimum atomic E-state index is -0.336. The molecule has 6 heteroatoms. The lowest BCUT2D eigenvalue weighted by atomic mass is 10.2. The molecule has 1 amide bonds. The molecule has 0 aliphatic rings. The van der Waals surface area contributed by atoms with E-state index in [0.717, 1.165) is 5.69 Å². The lowest BCUT2D eigenvalue weighted by Gasteiger charge is -1.98. The van der Waals surface area contributed by atoms with Crippen LogP contribution in [0.1, 0.15) is 16.1 Å². The van der Waals surface area contributed by atoms with Gasteiger partial charge in [0, 0.05) is 18.0 Å². The van der Waals surface area contributed by atoms with Gasteiger partial charge in [-0.15, -0.1) is 0 Å². The van der Waals surface area contributed by atoms with Gasteiger partial charge < -0.3 is 4.98 Å². The van der Waals surface area contributed by atoms with Crippen molar-refractivity contribution in [1.82, 2.24) is 15.4 Å². The van der Waals surface area contributed by atoms with E-state index in [0.29, 0.717) is 5.56 Å². The van der Waals surface area contributed by atoms with Gasteiger partial charge in [0.25, 0.3) is 5.91 Å². The molecule has 5 nitrogen and oxygen atoms in total. The Hall–Kier alpha value is -2.14. The first kappa shape index (κ1) is 11.3. The van der Waals surface area contributed by atoms with E-state index in [9.17, 15) is 4.79 Å². The maximum Gasteiger partial charge on any atom is 0.271 e. The zero-order valence-corrected chi connectivity index (χ0v) is 9.48. The molecule has 17 heavy (non-hydrogen) atoms. The fraction of sp³-hybridized carbons (Fsp3) is 0. The molecule has 0 bridgehead atoms. The van der Waals surface area contributed by atoms with Crippen LogP contribution in [0.5, 0.6) is 0 Å². The summed E-state index contributed by atoms with van der Waals surface area (Å²) in [6.07, 6.45) is 4.75. The molecule has 0 saturated heterocycles. The molecule has 0 unspecified atom stereocenters. The second kappa shape index (κ2) is 5.27. The second-order valence-electron chi connectivity index (χ2n) is 3.19. The third-order valence-electron chi connectivity index (χ3n) is 1.98. The van der Waals surface area contributed by atoms with Crippen LogP contribution in [0.25, 0.3) is 0 Å². The average molecular weight is 249 g/mol. The smallest absolute Gasteiger partial charge is 0.271 e. The van der Waals surface area contributed by atoms with E-state index in [1.807, 2.05) is 12.1 Å². The molecule has 0 saturated carbocycles.